The molecule has 3 aromatic rings. The van der Waals surface area contributed by atoms with Crippen molar-refractivity contribution in [2.45, 2.75) is 26.7 Å². The van der Waals surface area contributed by atoms with Gasteiger partial charge in [0.15, 0.2) is 0 Å². The predicted molar refractivity (Wildman–Crippen MR) is 120 cm³/mol. The van der Waals surface area contributed by atoms with E-state index in [4.69, 9.17) is 27.0 Å². The fourth-order valence-corrected chi connectivity index (χ4v) is 3.11. The number of ether oxygens (including phenoxy) is 1. The molecule has 160 valence electrons. The van der Waals surface area contributed by atoms with Gasteiger partial charge >= 0.3 is 0 Å². The van der Waals surface area contributed by atoms with E-state index in [0.717, 1.165) is 11.3 Å². The number of nitrogens with zero attached hydrogens (tertiary/aromatic N) is 1. The van der Waals surface area contributed by atoms with Crippen LogP contribution in [0.1, 0.15) is 33.5 Å². The second-order valence-corrected chi connectivity index (χ2v) is 7.06. The number of hydrogen-bond acceptors (Lipinski definition) is 5. The Kier molecular flexibility index (Phi) is 6.81. The van der Waals surface area contributed by atoms with Crippen LogP contribution < -0.4 is 21.5 Å². The number of anilines is 1. The Morgan fingerprint density at radius 1 is 1.06 bits per heavy atom. The van der Waals surface area contributed by atoms with Crippen molar-refractivity contribution in [3.63, 3.8) is 0 Å². The van der Waals surface area contributed by atoms with Gasteiger partial charge in [-0.05, 0) is 48.4 Å². The minimum atomic E-state index is -0.688. The number of nitrogen functional groups attached to an aromatic ring is 2. The van der Waals surface area contributed by atoms with Crippen molar-refractivity contribution in [1.29, 1.82) is 10.8 Å². The second kappa shape index (κ2) is 9.71. The number of aryl methyl sites for hydroxylation is 1. The van der Waals surface area contributed by atoms with Crippen LogP contribution in [-0.2, 0) is 19.8 Å². The van der Waals surface area contributed by atoms with Gasteiger partial charge in [-0.15, -0.1) is 0 Å². The van der Waals surface area contributed by atoms with Gasteiger partial charge in [-0.2, -0.15) is 0 Å². The number of halogens is 1. The summed E-state index contributed by atoms with van der Waals surface area (Å²) >= 11 is 0. The molecule has 31 heavy (non-hydrogen) atoms. The fraction of sp³-hybridized carbons (Fsp3) is 0.174. The van der Waals surface area contributed by atoms with E-state index in [2.05, 4.69) is 10.3 Å². The van der Waals surface area contributed by atoms with Gasteiger partial charge in [0, 0.05) is 35.1 Å². The molecule has 0 fully saturated rings. The van der Waals surface area contributed by atoms with Gasteiger partial charge in [0.05, 0.1) is 5.69 Å². The minimum Gasteiger partial charge on any atom is -0.487 e. The second-order valence-electron chi connectivity index (χ2n) is 7.06. The fourth-order valence-electron chi connectivity index (χ4n) is 3.11. The quantitative estimate of drug-likeness (QED) is 0.266. The Morgan fingerprint density at radius 2 is 1.77 bits per heavy atom. The van der Waals surface area contributed by atoms with Crippen molar-refractivity contribution in [2.24, 2.45) is 11.5 Å². The van der Waals surface area contributed by atoms with E-state index in [1.165, 1.54) is 0 Å². The van der Waals surface area contributed by atoms with Crippen molar-refractivity contribution in [1.82, 2.24) is 4.98 Å². The Balaban J connectivity index is 1.76. The first kappa shape index (κ1) is 21.8. The van der Waals surface area contributed by atoms with Gasteiger partial charge < -0.3 is 21.5 Å². The Bertz CT molecular complexity index is 1100. The molecule has 0 bridgehead atoms. The molecule has 0 unspecified atom stereocenters. The highest BCUT2D eigenvalue weighted by Gasteiger charge is 2.15. The van der Waals surface area contributed by atoms with E-state index in [9.17, 15) is 4.39 Å². The smallest absolute Gasteiger partial charge is 0.147 e. The lowest BCUT2D eigenvalue weighted by Gasteiger charge is -2.17. The minimum absolute atomic E-state index is 0.00429. The molecule has 2 aromatic carbocycles. The zero-order chi connectivity index (χ0) is 22.4. The van der Waals surface area contributed by atoms with Crippen LogP contribution >= 0.6 is 0 Å². The highest BCUT2D eigenvalue weighted by molar-refractivity contribution is 5.95. The van der Waals surface area contributed by atoms with E-state index in [1.807, 2.05) is 18.2 Å². The summed E-state index contributed by atoms with van der Waals surface area (Å²) in [7, 11) is 0. The van der Waals surface area contributed by atoms with Crippen molar-refractivity contribution in [3.8, 4) is 5.75 Å². The molecular weight excluding hydrogens is 395 g/mol. The summed E-state index contributed by atoms with van der Waals surface area (Å²) in [6.45, 7) is 1.66. The summed E-state index contributed by atoms with van der Waals surface area (Å²) < 4.78 is 19.9. The van der Waals surface area contributed by atoms with E-state index in [1.54, 1.807) is 43.5 Å². The highest BCUT2D eigenvalue weighted by atomic mass is 19.1. The van der Waals surface area contributed by atoms with Crippen LogP contribution in [0.25, 0.3) is 0 Å². The lowest BCUT2D eigenvalue weighted by molar-refractivity contribution is 0.293. The monoisotopic (exact) mass is 420 g/mol. The number of pyridine rings is 1. The van der Waals surface area contributed by atoms with Gasteiger partial charge in [0.2, 0.25) is 0 Å². The number of alkyl halides is 1. The van der Waals surface area contributed by atoms with Crippen molar-refractivity contribution in [2.75, 3.05) is 5.32 Å². The number of hydrogen-bond donors (Lipinski definition) is 5. The van der Waals surface area contributed by atoms with Crippen LogP contribution in [-0.4, -0.2) is 16.7 Å². The molecule has 7 N–H and O–H groups in total. The lowest BCUT2D eigenvalue weighted by Crippen LogP contribution is -2.12. The molecule has 0 spiro atoms. The van der Waals surface area contributed by atoms with Gasteiger partial charge in [0.1, 0.15) is 30.7 Å². The van der Waals surface area contributed by atoms with Crippen molar-refractivity contribution in [3.05, 3.63) is 88.2 Å². The maximum Gasteiger partial charge on any atom is 0.147 e. The predicted octanol–water partition coefficient (Wildman–Crippen LogP) is 3.62. The summed E-state index contributed by atoms with van der Waals surface area (Å²) in [6.07, 6.45) is 1.64. The molecule has 0 aliphatic carbocycles. The third-order valence-electron chi connectivity index (χ3n) is 4.84. The lowest BCUT2D eigenvalue weighted by atomic mass is 10.1. The molecule has 8 heteroatoms. The maximum atomic E-state index is 14.0. The van der Waals surface area contributed by atoms with Crippen LogP contribution in [0.2, 0.25) is 0 Å². The Labute approximate surface area is 180 Å². The van der Waals surface area contributed by atoms with Crippen molar-refractivity contribution >= 4 is 17.4 Å². The average molecular weight is 420 g/mol. The summed E-state index contributed by atoms with van der Waals surface area (Å²) in [4.78, 5) is 4.36. The Hall–Kier alpha value is -3.94. The summed E-state index contributed by atoms with van der Waals surface area (Å²) in [5.74, 6) is 0.403. The molecule has 0 atom stereocenters. The molecule has 3 rings (SSSR count). The largest absolute Gasteiger partial charge is 0.487 e. The van der Waals surface area contributed by atoms with E-state index >= 15 is 0 Å². The van der Waals surface area contributed by atoms with Crippen LogP contribution in [0.15, 0.2) is 54.7 Å². The average Bonchev–Trinajstić information content (AvgIpc) is 2.77. The SMILES string of the molecule is Cc1ncc(CNc2ccc(C(=N)N)cc2)c(CF)c1OCc1cccc(C(=N)N)c1. The van der Waals surface area contributed by atoms with Gasteiger partial charge in [-0.3, -0.25) is 15.8 Å². The third-order valence-corrected chi connectivity index (χ3v) is 4.84. The normalized spacial score (nSPS) is 10.5. The van der Waals surface area contributed by atoms with Crippen LogP contribution in [0.4, 0.5) is 10.1 Å². The standard InChI is InChI=1S/C23H25FN6O/c1-14-21(31-13-15-3-2-4-17(9-15)23(27)28)20(10-24)18(11-29-14)12-30-19-7-5-16(6-8-19)22(25)26/h2-9,11,30H,10,12-13H2,1H3,(H3,25,26)(H3,27,28). The molecule has 0 amide bonds. The van der Waals surface area contributed by atoms with Gasteiger partial charge in [-0.25, -0.2) is 4.39 Å². The first-order valence-corrected chi connectivity index (χ1v) is 9.66. The third kappa shape index (κ3) is 5.36. The van der Waals surface area contributed by atoms with Crippen LogP contribution in [0.3, 0.4) is 0 Å². The molecule has 0 saturated heterocycles. The molecule has 7 nitrogen and oxygen atoms in total. The van der Waals surface area contributed by atoms with Crippen LogP contribution in [0, 0.1) is 17.7 Å². The van der Waals surface area contributed by atoms with Gasteiger partial charge in [0.25, 0.3) is 0 Å². The number of aromatic nitrogens is 1. The molecular formula is C23H25FN6O. The number of nitrogens with two attached hydrogens (primary N) is 2. The van der Waals surface area contributed by atoms with E-state index in [-0.39, 0.29) is 18.3 Å². The number of benzene rings is 2. The highest BCUT2D eigenvalue weighted by Crippen LogP contribution is 2.28. The summed E-state index contributed by atoms with van der Waals surface area (Å²) in [5.41, 5.74) is 15.6. The zero-order valence-electron chi connectivity index (χ0n) is 17.2. The van der Waals surface area contributed by atoms with Gasteiger partial charge in [-0.1, -0.05) is 18.2 Å². The van der Waals surface area contributed by atoms with E-state index in [0.29, 0.717) is 40.2 Å². The molecule has 0 radical (unpaired) electrons. The molecule has 0 aliphatic rings. The first-order chi connectivity index (χ1) is 14.9. The maximum absolute atomic E-state index is 14.0. The molecule has 1 aromatic heterocycles. The Morgan fingerprint density at radius 3 is 2.42 bits per heavy atom. The van der Waals surface area contributed by atoms with E-state index < -0.39 is 6.67 Å². The number of amidine groups is 2. The molecule has 0 aliphatic heterocycles. The molecule has 0 saturated carbocycles. The first-order valence-electron chi connectivity index (χ1n) is 9.66. The number of rotatable bonds is 9. The molecule has 1 heterocycles. The number of nitrogens with one attached hydrogen (secondary N) is 3. The zero-order valence-corrected chi connectivity index (χ0v) is 17.2. The summed E-state index contributed by atoms with van der Waals surface area (Å²) in [6, 6.07) is 14.3. The summed E-state index contributed by atoms with van der Waals surface area (Å²) in [5, 5.41) is 18.2. The van der Waals surface area contributed by atoms with Crippen molar-refractivity contribution < 1.29 is 9.13 Å². The topological polar surface area (TPSA) is 134 Å². The van der Waals surface area contributed by atoms with Crippen LogP contribution in [0.5, 0.6) is 5.75 Å².